The Labute approximate surface area is 162 Å². The van der Waals surface area contributed by atoms with Gasteiger partial charge in [0.1, 0.15) is 17.5 Å². The van der Waals surface area contributed by atoms with Gasteiger partial charge in [-0.15, -0.1) is 0 Å². The molecule has 1 saturated carbocycles. The second-order valence-electron chi connectivity index (χ2n) is 6.92. The molecular formula is C19H25N5O4. The van der Waals surface area contributed by atoms with Gasteiger partial charge in [-0.25, -0.2) is 0 Å². The van der Waals surface area contributed by atoms with E-state index in [0.717, 1.165) is 18.4 Å². The van der Waals surface area contributed by atoms with Gasteiger partial charge in [-0.3, -0.25) is 9.59 Å². The molecule has 0 saturated heterocycles. The first-order chi connectivity index (χ1) is 13.5. The lowest BCUT2D eigenvalue weighted by atomic mass is 9.93. The molecule has 9 nitrogen and oxygen atoms in total. The van der Waals surface area contributed by atoms with Crippen LogP contribution in [0.2, 0.25) is 0 Å². The number of H-pyrrole nitrogens is 1. The van der Waals surface area contributed by atoms with Gasteiger partial charge >= 0.3 is 0 Å². The van der Waals surface area contributed by atoms with Crippen LogP contribution < -0.4 is 15.4 Å². The van der Waals surface area contributed by atoms with E-state index in [1.54, 1.807) is 18.5 Å². The van der Waals surface area contributed by atoms with Gasteiger partial charge in [0, 0.05) is 30.9 Å². The van der Waals surface area contributed by atoms with Crippen molar-refractivity contribution < 1.29 is 19.4 Å². The Morgan fingerprint density at radius 1 is 1.25 bits per heavy atom. The summed E-state index contributed by atoms with van der Waals surface area (Å²) in [5, 5.41) is 22.7. The van der Waals surface area contributed by atoms with Crippen molar-refractivity contribution in [3.8, 4) is 5.75 Å². The Hall–Kier alpha value is -2.94. The van der Waals surface area contributed by atoms with E-state index in [1.807, 2.05) is 6.92 Å². The summed E-state index contributed by atoms with van der Waals surface area (Å²) in [6.07, 6.45) is 5.27. The lowest BCUT2D eigenvalue weighted by Crippen LogP contribution is -2.38. The number of nitrogens with one attached hydrogen (secondary N) is 3. The van der Waals surface area contributed by atoms with Crippen LogP contribution in [0.3, 0.4) is 0 Å². The van der Waals surface area contributed by atoms with Crippen LogP contribution >= 0.6 is 0 Å². The summed E-state index contributed by atoms with van der Waals surface area (Å²) >= 11 is 0. The Balaban J connectivity index is 1.75. The van der Waals surface area contributed by atoms with Gasteiger partial charge in [0.05, 0.1) is 12.3 Å². The topological polar surface area (TPSA) is 129 Å². The number of nitrogens with zero attached hydrogens (tertiary/aromatic N) is 2. The van der Waals surface area contributed by atoms with E-state index in [4.69, 9.17) is 4.74 Å². The first-order valence-corrected chi connectivity index (χ1v) is 9.35. The summed E-state index contributed by atoms with van der Waals surface area (Å²) in [4.78, 5) is 27.7. The summed E-state index contributed by atoms with van der Waals surface area (Å²) in [5.74, 6) is -0.401. The van der Waals surface area contributed by atoms with E-state index in [0.29, 0.717) is 12.8 Å². The lowest BCUT2D eigenvalue weighted by molar-refractivity contribution is 0.0863. The molecule has 28 heavy (non-hydrogen) atoms. The summed E-state index contributed by atoms with van der Waals surface area (Å²) < 4.78 is 5.92. The Morgan fingerprint density at radius 3 is 2.64 bits per heavy atom. The van der Waals surface area contributed by atoms with Crippen LogP contribution in [0.1, 0.15) is 65.3 Å². The van der Waals surface area contributed by atoms with Crippen LogP contribution in [-0.2, 0) is 0 Å². The molecule has 2 aromatic rings. The number of ether oxygens (including phenoxy) is 1. The molecule has 1 fully saturated rings. The predicted octanol–water partition coefficient (Wildman–Crippen LogP) is 1.34. The van der Waals surface area contributed by atoms with E-state index in [1.165, 1.54) is 13.1 Å². The number of rotatable bonds is 6. The highest BCUT2D eigenvalue weighted by atomic mass is 16.5. The van der Waals surface area contributed by atoms with E-state index >= 15 is 0 Å². The minimum atomic E-state index is -0.384. The molecular weight excluding hydrogens is 362 g/mol. The number of aromatic amines is 1. The van der Waals surface area contributed by atoms with Gasteiger partial charge in [0.25, 0.3) is 11.8 Å². The fourth-order valence-electron chi connectivity index (χ4n) is 3.23. The summed E-state index contributed by atoms with van der Waals surface area (Å²) in [7, 11) is 1.51. The third kappa shape index (κ3) is 4.66. The highest BCUT2D eigenvalue weighted by Gasteiger charge is 2.25. The van der Waals surface area contributed by atoms with E-state index in [2.05, 4.69) is 25.8 Å². The highest BCUT2D eigenvalue weighted by Crippen LogP contribution is 2.27. The van der Waals surface area contributed by atoms with Crippen LogP contribution in [0, 0.1) is 0 Å². The fourth-order valence-corrected chi connectivity index (χ4v) is 3.23. The van der Waals surface area contributed by atoms with Crippen molar-refractivity contribution in [1.82, 2.24) is 25.8 Å². The van der Waals surface area contributed by atoms with Crippen LogP contribution in [0.4, 0.5) is 0 Å². The molecule has 0 aromatic carbocycles. The van der Waals surface area contributed by atoms with Crippen molar-refractivity contribution in [1.29, 1.82) is 0 Å². The van der Waals surface area contributed by atoms with Crippen molar-refractivity contribution in [2.45, 2.75) is 50.9 Å². The number of amides is 2. The van der Waals surface area contributed by atoms with Gasteiger partial charge < -0.3 is 25.5 Å². The molecule has 0 aliphatic heterocycles. The minimum Gasteiger partial charge on any atom is -0.483 e. The first kappa shape index (κ1) is 19.8. The summed E-state index contributed by atoms with van der Waals surface area (Å²) in [5.41, 5.74) is 1.23. The molecule has 150 valence electrons. The summed E-state index contributed by atoms with van der Waals surface area (Å²) in [6.45, 7) is 1.82. The predicted molar refractivity (Wildman–Crippen MR) is 101 cm³/mol. The number of carbonyl (C=O) groups is 2. The Morgan fingerprint density at radius 2 is 2.00 bits per heavy atom. The molecule has 2 amide bonds. The second-order valence-corrected chi connectivity index (χ2v) is 6.92. The molecule has 0 radical (unpaired) electrons. The lowest BCUT2D eigenvalue weighted by Gasteiger charge is -2.25. The smallest absolute Gasteiger partial charge is 0.271 e. The minimum absolute atomic E-state index is 0.00818. The molecule has 0 bridgehead atoms. The normalized spacial score (nSPS) is 20.2. The van der Waals surface area contributed by atoms with Gasteiger partial charge in [-0.2, -0.15) is 10.2 Å². The van der Waals surface area contributed by atoms with Crippen molar-refractivity contribution in [3.05, 3.63) is 41.5 Å². The second kappa shape index (κ2) is 8.83. The number of hydrogen-bond acceptors (Lipinski definition) is 6. The van der Waals surface area contributed by atoms with Crippen molar-refractivity contribution >= 4 is 11.8 Å². The maximum Gasteiger partial charge on any atom is 0.271 e. The first-order valence-electron chi connectivity index (χ1n) is 9.35. The van der Waals surface area contributed by atoms with Gasteiger partial charge in [0.2, 0.25) is 0 Å². The molecule has 0 spiro atoms. The standard InChI is InChI=1S/C19H25N5O4/c1-11(12-7-8-21-22-10-12)28-16-9-15(24-17(16)19(27)20-2)18(26)23-13-3-5-14(25)6-4-13/h7-11,13-14,24-25H,3-6H2,1-2H3,(H,20,27)(H,23,26)/t11?,13-,14-. The SMILES string of the molecule is CNC(=O)c1[nH]c(C(=O)N[C@H]2CC[C@H](O)CC2)cc1OC(C)c1ccnnc1. The summed E-state index contributed by atoms with van der Waals surface area (Å²) in [6, 6.07) is 3.31. The average Bonchev–Trinajstić information content (AvgIpc) is 3.13. The zero-order valence-electron chi connectivity index (χ0n) is 15.9. The molecule has 1 unspecified atom stereocenters. The third-order valence-electron chi connectivity index (χ3n) is 4.89. The number of aliphatic hydroxyl groups is 1. The van der Waals surface area contributed by atoms with E-state index < -0.39 is 0 Å². The zero-order valence-corrected chi connectivity index (χ0v) is 15.9. The largest absolute Gasteiger partial charge is 0.483 e. The van der Waals surface area contributed by atoms with Crippen LogP contribution in [0.15, 0.2) is 24.5 Å². The van der Waals surface area contributed by atoms with Gasteiger partial charge in [0.15, 0.2) is 5.75 Å². The van der Waals surface area contributed by atoms with Crippen molar-refractivity contribution in [2.24, 2.45) is 0 Å². The molecule has 1 aliphatic rings. The Bertz CT molecular complexity index is 815. The monoisotopic (exact) mass is 387 g/mol. The third-order valence-corrected chi connectivity index (χ3v) is 4.89. The Kier molecular flexibility index (Phi) is 6.25. The molecule has 9 heteroatoms. The molecule has 3 rings (SSSR count). The maximum absolute atomic E-state index is 12.6. The van der Waals surface area contributed by atoms with Gasteiger partial charge in [-0.1, -0.05) is 0 Å². The number of aliphatic hydroxyl groups excluding tert-OH is 1. The highest BCUT2D eigenvalue weighted by molar-refractivity contribution is 5.99. The average molecular weight is 387 g/mol. The van der Waals surface area contributed by atoms with E-state index in [9.17, 15) is 14.7 Å². The quantitative estimate of drug-likeness (QED) is 0.592. The van der Waals surface area contributed by atoms with Gasteiger partial charge in [-0.05, 0) is 38.7 Å². The maximum atomic E-state index is 12.6. The molecule has 1 aliphatic carbocycles. The van der Waals surface area contributed by atoms with Crippen LogP contribution in [0.5, 0.6) is 5.75 Å². The van der Waals surface area contributed by atoms with Crippen LogP contribution in [-0.4, -0.2) is 51.3 Å². The van der Waals surface area contributed by atoms with Crippen molar-refractivity contribution in [3.63, 3.8) is 0 Å². The molecule has 1 atom stereocenters. The van der Waals surface area contributed by atoms with E-state index in [-0.39, 0.29) is 47.2 Å². The zero-order chi connectivity index (χ0) is 20.1. The molecule has 4 N–H and O–H groups in total. The molecule has 2 aromatic heterocycles. The molecule has 2 heterocycles. The fraction of sp³-hybridized carbons (Fsp3) is 0.474. The van der Waals surface area contributed by atoms with Crippen molar-refractivity contribution in [2.75, 3.05) is 7.05 Å². The number of carbonyl (C=O) groups excluding carboxylic acids is 2. The number of hydrogen-bond donors (Lipinski definition) is 4. The number of aromatic nitrogens is 3. The van der Waals surface area contributed by atoms with Crippen LogP contribution in [0.25, 0.3) is 0 Å².